The maximum absolute atomic E-state index is 13.7. The van der Waals surface area contributed by atoms with E-state index in [4.69, 9.17) is 4.74 Å². The van der Waals surface area contributed by atoms with Crippen LogP contribution in [0, 0.1) is 21.3 Å². The molecule has 0 aliphatic heterocycles. The number of carbonyl (C=O) groups excluding carboxylic acids is 1. The highest BCUT2D eigenvalue weighted by Crippen LogP contribution is 2.31. The fourth-order valence-electron chi connectivity index (χ4n) is 1.53. The molecular weight excluding hydrogens is 281 g/mol. The molecule has 0 saturated carbocycles. The van der Waals surface area contributed by atoms with E-state index >= 15 is 0 Å². The van der Waals surface area contributed by atoms with Crippen molar-refractivity contribution in [1.82, 2.24) is 0 Å². The molecule has 7 heteroatoms. The molecule has 0 fully saturated rings. The van der Waals surface area contributed by atoms with Gasteiger partial charge in [-0.05, 0) is 11.8 Å². The minimum absolute atomic E-state index is 0.0139. The van der Waals surface area contributed by atoms with E-state index in [-0.39, 0.29) is 17.8 Å². The summed E-state index contributed by atoms with van der Waals surface area (Å²) in [5, 5.41) is 10.9. The SMILES string of the molecule is COC(=O)c1cc(OCCC(C)(C)C)c([N+](=O)[O-])cc1F. The van der Waals surface area contributed by atoms with Gasteiger partial charge in [-0.15, -0.1) is 0 Å². The van der Waals surface area contributed by atoms with Gasteiger partial charge in [0.05, 0.1) is 30.3 Å². The standard InChI is InChI=1S/C14H18FNO5/c1-14(2,3)5-6-21-12-7-9(13(17)20-4)10(15)8-11(12)16(18)19/h7-8H,5-6H2,1-4H3. The molecule has 116 valence electrons. The van der Waals surface area contributed by atoms with Crippen molar-refractivity contribution in [3.63, 3.8) is 0 Å². The van der Waals surface area contributed by atoms with E-state index in [1.165, 1.54) is 0 Å². The van der Waals surface area contributed by atoms with Crippen LogP contribution >= 0.6 is 0 Å². The lowest BCUT2D eigenvalue weighted by Crippen LogP contribution is -2.12. The fraction of sp³-hybridized carbons (Fsp3) is 0.500. The van der Waals surface area contributed by atoms with E-state index in [1.54, 1.807) is 0 Å². The van der Waals surface area contributed by atoms with Gasteiger partial charge < -0.3 is 9.47 Å². The molecule has 0 atom stereocenters. The Morgan fingerprint density at radius 2 is 2.00 bits per heavy atom. The molecular formula is C14H18FNO5. The van der Waals surface area contributed by atoms with E-state index in [0.29, 0.717) is 12.5 Å². The fourth-order valence-corrected chi connectivity index (χ4v) is 1.53. The van der Waals surface area contributed by atoms with Gasteiger partial charge in [0.15, 0.2) is 5.75 Å². The van der Waals surface area contributed by atoms with Crippen LogP contribution in [0.25, 0.3) is 0 Å². The van der Waals surface area contributed by atoms with Gasteiger partial charge in [0, 0.05) is 6.07 Å². The number of hydrogen-bond donors (Lipinski definition) is 0. The Hall–Kier alpha value is -2.18. The third kappa shape index (κ3) is 4.70. The average molecular weight is 299 g/mol. The summed E-state index contributed by atoms with van der Waals surface area (Å²) in [7, 11) is 1.10. The third-order valence-corrected chi connectivity index (χ3v) is 2.76. The third-order valence-electron chi connectivity index (χ3n) is 2.76. The smallest absolute Gasteiger partial charge is 0.340 e. The Morgan fingerprint density at radius 3 is 2.48 bits per heavy atom. The molecule has 0 N–H and O–H groups in total. The lowest BCUT2D eigenvalue weighted by molar-refractivity contribution is -0.386. The summed E-state index contributed by atoms with van der Waals surface area (Å²) < 4.78 is 23.5. The van der Waals surface area contributed by atoms with Gasteiger partial charge in [-0.2, -0.15) is 0 Å². The zero-order chi connectivity index (χ0) is 16.2. The first-order valence-corrected chi connectivity index (χ1v) is 6.35. The molecule has 21 heavy (non-hydrogen) atoms. The first-order valence-electron chi connectivity index (χ1n) is 6.35. The number of nitro groups is 1. The van der Waals surface area contributed by atoms with Gasteiger partial charge in [0.1, 0.15) is 5.82 Å². The summed E-state index contributed by atoms with van der Waals surface area (Å²) in [6, 6.07) is 1.67. The second-order valence-corrected chi connectivity index (χ2v) is 5.71. The Bertz CT molecular complexity index is 551. The van der Waals surface area contributed by atoms with Crippen molar-refractivity contribution >= 4 is 11.7 Å². The van der Waals surface area contributed by atoms with Crippen molar-refractivity contribution in [2.24, 2.45) is 5.41 Å². The van der Waals surface area contributed by atoms with Crippen molar-refractivity contribution < 1.29 is 23.6 Å². The van der Waals surface area contributed by atoms with Gasteiger partial charge in [-0.1, -0.05) is 20.8 Å². The molecule has 1 aromatic carbocycles. The maximum atomic E-state index is 13.7. The van der Waals surface area contributed by atoms with Crippen molar-refractivity contribution in [2.75, 3.05) is 13.7 Å². The Morgan fingerprint density at radius 1 is 1.38 bits per heavy atom. The first kappa shape index (κ1) is 16.9. The number of benzene rings is 1. The van der Waals surface area contributed by atoms with Crippen LogP contribution in [0.1, 0.15) is 37.6 Å². The molecule has 0 heterocycles. The number of nitro benzene ring substituents is 1. The van der Waals surface area contributed by atoms with Crippen LogP contribution in [0.5, 0.6) is 5.75 Å². The molecule has 0 spiro atoms. The molecule has 1 aromatic rings. The summed E-state index contributed by atoms with van der Waals surface area (Å²) in [6.45, 7) is 6.20. The highest BCUT2D eigenvalue weighted by molar-refractivity contribution is 5.90. The molecule has 0 unspecified atom stereocenters. The summed E-state index contributed by atoms with van der Waals surface area (Å²) in [5.41, 5.74) is -0.928. The highest BCUT2D eigenvalue weighted by atomic mass is 19.1. The van der Waals surface area contributed by atoms with Crippen LogP contribution in [0.3, 0.4) is 0 Å². The van der Waals surface area contributed by atoms with Crippen molar-refractivity contribution in [3.8, 4) is 5.75 Å². The molecule has 0 aromatic heterocycles. The topological polar surface area (TPSA) is 78.7 Å². The number of rotatable bonds is 5. The number of esters is 1. The normalized spacial score (nSPS) is 11.1. The lowest BCUT2D eigenvalue weighted by atomic mass is 9.93. The van der Waals surface area contributed by atoms with Crippen molar-refractivity contribution in [1.29, 1.82) is 0 Å². The van der Waals surface area contributed by atoms with Gasteiger partial charge in [0.25, 0.3) is 0 Å². The number of hydrogen-bond acceptors (Lipinski definition) is 5. The van der Waals surface area contributed by atoms with E-state index < -0.39 is 28.0 Å². The largest absolute Gasteiger partial charge is 0.487 e. The number of nitrogens with zero attached hydrogens (tertiary/aromatic N) is 1. The number of methoxy groups -OCH3 is 1. The highest BCUT2D eigenvalue weighted by Gasteiger charge is 2.24. The maximum Gasteiger partial charge on any atom is 0.340 e. The lowest BCUT2D eigenvalue weighted by Gasteiger charge is -2.18. The second kappa shape index (κ2) is 6.51. The number of halogens is 1. The van der Waals surface area contributed by atoms with Crippen LogP contribution in [-0.2, 0) is 4.74 Å². The molecule has 0 aliphatic carbocycles. The zero-order valence-electron chi connectivity index (χ0n) is 12.4. The molecule has 6 nitrogen and oxygen atoms in total. The summed E-state index contributed by atoms with van der Waals surface area (Å²) in [4.78, 5) is 21.6. The number of ether oxygens (including phenoxy) is 2. The average Bonchev–Trinajstić information content (AvgIpc) is 2.37. The Kier molecular flexibility index (Phi) is 5.23. The van der Waals surface area contributed by atoms with Crippen LogP contribution in [-0.4, -0.2) is 24.6 Å². The van der Waals surface area contributed by atoms with Crippen LogP contribution in [0.2, 0.25) is 0 Å². The van der Waals surface area contributed by atoms with Crippen molar-refractivity contribution in [2.45, 2.75) is 27.2 Å². The van der Waals surface area contributed by atoms with Crippen LogP contribution in [0.4, 0.5) is 10.1 Å². The minimum Gasteiger partial charge on any atom is -0.487 e. The van der Waals surface area contributed by atoms with E-state index in [9.17, 15) is 19.3 Å². The molecule has 0 amide bonds. The predicted octanol–water partition coefficient (Wildman–Crippen LogP) is 3.34. The molecule has 1 rings (SSSR count). The molecule has 0 radical (unpaired) electrons. The quantitative estimate of drug-likeness (QED) is 0.473. The second-order valence-electron chi connectivity index (χ2n) is 5.71. The summed E-state index contributed by atoms with van der Waals surface area (Å²) >= 11 is 0. The molecule has 0 bridgehead atoms. The van der Waals surface area contributed by atoms with Gasteiger partial charge in [0.2, 0.25) is 0 Å². The van der Waals surface area contributed by atoms with E-state index in [0.717, 1.165) is 13.2 Å². The van der Waals surface area contributed by atoms with Crippen molar-refractivity contribution in [3.05, 3.63) is 33.6 Å². The van der Waals surface area contributed by atoms with Crippen LogP contribution < -0.4 is 4.74 Å². The zero-order valence-corrected chi connectivity index (χ0v) is 12.4. The van der Waals surface area contributed by atoms with E-state index in [1.807, 2.05) is 20.8 Å². The first-order chi connectivity index (χ1) is 9.65. The predicted molar refractivity (Wildman–Crippen MR) is 74.0 cm³/mol. The van der Waals surface area contributed by atoms with Crippen LogP contribution in [0.15, 0.2) is 12.1 Å². The number of carbonyl (C=O) groups is 1. The Balaban J connectivity index is 3.09. The van der Waals surface area contributed by atoms with E-state index in [2.05, 4.69) is 4.74 Å². The molecule has 0 saturated heterocycles. The summed E-state index contributed by atoms with van der Waals surface area (Å²) in [5.74, 6) is -2.08. The van der Waals surface area contributed by atoms with Gasteiger partial charge >= 0.3 is 11.7 Å². The Labute approximate surface area is 122 Å². The molecule has 0 aliphatic rings. The minimum atomic E-state index is -1.02. The monoisotopic (exact) mass is 299 g/mol. The summed E-state index contributed by atoms with van der Waals surface area (Å²) in [6.07, 6.45) is 0.648. The van der Waals surface area contributed by atoms with Gasteiger partial charge in [-0.3, -0.25) is 10.1 Å². The van der Waals surface area contributed by atoms with Gasteiger partial charge in [-0.25, -0.2) is 9.18 Å².